The van der Waals surface area contributed by atoms with E-state index in [-0.39, 0.29) is 65.4 Å². The number of imidazole rings is 1. The molecule has 5 N–H and O–H groups in total. The highest BCUT2D eigenvalue weighted by Crippen LogP contribution is 2.37. The SMILES string of the molecule is Cc1cc(Nc2nccn3c(-c4cn(CC#N)nc4C(F)(F)F)cnc23)cc(F)c1C(=O)NC(C)CNC(=O)C1CCNCC1.O=CO. The van der Waals surface area contributed by atoms with Crippen molar-refractivity contribution in [2.75, 3.05) is 25.0 Å². The molecule has 2 amide bonds. The van der Waals surface area contributed by atoms with Gasteiger partial charge in [-0.05, 0) is 57.5 Å². The Morgan fingerprint density at radius 2 is 1.96 bits per heavy atom. The average molecular weight is 673 g/mol. The Morgan fingerprint density at radius 3 is 2.60 bits per heavy atom. The molecule has 4 heterocycles. The number of hydrogen-bond acceptors (Lipinski definition) is 9. The van der Waals surface area contributed by atoms with Gasteiger partial charge in [-0.1, -0.05) is 0 Å². The number of nitrogens with one attached hydrogen (secondary N) is 4. The van der Waals surface area contributed by atoms with Crippen molar-refractivity contribution in [3.63, 3.8) is 0 Å². The van der Waals surface area contributed by atoms with Crippen molar-refractivity contribution in [2.24, 2.45) is 5.92 Å². The van der Waals surface area contributed by atoms with Crippen LogP contribution in [0.3, 0.4) is 0 Å². The third-order valence-corrected chi connectivity index (χ3v) is 7.41. The van der Waals surface area contributed by atoms with Gasteiger partial charge >= 0.3 is 6.18 Å². The Hall–Kier alpha value is -5.57. The molecule has 48 heavy (non-hydrogen) atoms. The van der Waals surface area contributed by atoms with Gasteiger partial charge in [0.05, 0.1) is 29.1 Å². The van der Waals surface area contributed by atoms with Gasteiger partial charge in [0.2, 0.25) is 5.91 Å². The molecule has 3 aromatic heterocycles. The first-order chi connectivity index (χ1) is 22.9. The maximum atomic E-state index is 15.3. The summed E-state index contributed by atoms with van der Waals surface area (Å²) in [6.45, 7) is 4.40. The molecule has 5 rings (SSSR count). The molecule has 14 nitrogen and oxygen atoms in total. The number of carbonyl (C=O) groups excluding carboxylic acids is 2. The summed E-state index contributed by atoms with van der Waals surface area (Å²) in [5.41, 5.74) is -0.865. The zero-order valence-electron chi connectivity index (χ0n) is 25.8. The van der Waals surface area contributed by atoms with Crippen molar-refractivity contribution in [3.05, 3.63) is 59.6 Å². The number of carboxylic acid groups (broad SMARTS) is 1. The van der Waals surface area contributed by atoms with E-state index in [1.807, 2.05) is 0 Å². The third-order valence-electron chi connectivity index (χ3n) is 7.41. The van der Waals surface area contributed by atoms with Gasteiger partial charge in [0, 0.05) is 42.8 Å². The summed E-state index contributed by atoms with van der Waals surface area (Å²) in [5.74, 6) is -1.48. The molecule has 254 valence electrons. The molecule has 0 radical (unpaired) electrons. The minimum absolute atomic E-state index is 0.0578. The van der Waals surface area contributed by atoms with Gasteiger partial charge in [-0.15, -0.1) is 0 Å². The number of halogens is 4. The lowest BCUT2D eigenvalue weighted by atomic mass is 9.97. The standard InChI is InChI=1S/C29H30F4N10O2.CH2O2/c1-16-11-19(12-21(30)23(16)28(45)39-17(2)13-38-27(44)18-3-6-35-7-4-18)40-25-26-37-14-22(43(26)10-8-36-25)20-15-42(9-5-34)41-24(20)29(31,32)33;2-1-3/h8,10-12,14-15,17-18,35H,3-4,6-7,9,13H2,1-2H3,(H,36,40)(H,38,44)(H,39,45);1H,(H,2,3). The monoisotopic (exact) mass is 672 g/mol. The summed E-state index contributed by atoms with van der Waals surface area (Å²) in [5, 5.41) is 31.0. The number of piperidine rings is 1. The van der Waals surface area contributed by atoms with Gasteiger partial charge < -0.3 is 26.4 Å². The van der Waals surface area contributed by atoms with Gasteiger partial charge in [-0.2, -0.15) is 23.5 Å². The molecule has 1 fully saturated rings. The lowest BCUT2D eigenvalue weighted by molar-refractivity contribution is -0.141. The van der Waals surface area contributed by atoms with Gasteiger partial charge in [0.25, 0.3) is 12.4 Å². The second kappa shape index (κ2) is 15.3. The quantitative estimate of drug-likeness (QED) is 0.130. The van der Waals surface area contributed by atoms with E-state index in [0.29, 0.717) is 5.56 Å². The van der Waals surface area contributed by atoms with Gasteiger partial charge in [0.1, 0.15) is 12.4 Å². The molecule has 1 aliphatic heterocycles. The van der Waals surface area contributed by atoms with E-state index in [0.717, 1.165) is 42.9 Å². The Kier molecular flexibility index (Phi) is 11.3. The number of nitrogens with zero attached hydrogens (tertiary/aromatic N) is 6. The summed E-state index contributed by atoms with van der Waals surface area (Å²) >= 11 is 0. The number of hydrogen-bond donors (Lipinski definition) is 5. The Labute approximate surface area is 271 Å². The van der Waals surface area contributed by atoms with Crippen LogP contribution >= 0.6 is 0 Å². The zero-order chi connectivity index (χ0) is 35.0. The number of alkyl halides is 3. The fourth-order valence-electron chi connectivity index (χ4n) is 5.25. The van der Waals surface area contributed by atoms with Crippen molar-refractivity contribution >= 4 is 35.4 Å². The largest absolute Gasteiger partial charge is 0.483 e. The third kappa shape index (κ3) is 8.22. The molecular formula is C30H32F4N10O4. The topological polar surface area (TPSA) is 191 Å². The molecule has 1 unspecified atom stereocenters. The van der Waals surface area contributed by atoms with Crippen LogP contribution in [-0.2, 0) is 22.3 Å². The highest BCUT2D eigenvalue weighted by Gasteiger charge is 2.38. The number of amides is 2. The first-order valence-electron chi connectivity index (χ1n) is 14.7. The van der Waals surface area contributed by atoms with Crippen LogP contribution < -0.4 is 21.3 Å². The summed E-state index contributed by atoms with van der Waals surface area (Å²) in [6.07, 6.45) is 1.81. The molecule has 18 heteroatoms. The maximum Gasteiger partial charge on any atom is 0.435 e. The van der Waals surface area contributed by atoms with Crippen molar-refractivity contribution in [2.45, 2.75) is 45.5 Å². The second-order valence-corrected chi connectivity index (χ2v) is 10.9. The molecular weight excluding hydrogens is 640 g/mol. The Bertz CT molecular complexity index is 1800. The van der Waals surface area contributed by atoms with Crippen LogP contribution in [0.4, 0.5) is 29.1 Å². The van der Waals surface area contributed by atoms with Crippen LogP contribution in [0, 0.1) is 30.0 Å². The molecule has 1 aromatic carbocycles. The number of benzene rings is 1. The number of carbonyl (C=O) groups is 3. The minimum atomic E-state index is -4.78. The lowest BCUT2D eigenvalue weighted by Crippen LogP contribution is -2.45. The van der Waals surface area contributed by atoms with Crippen LogP contribution in [-0.4, -0.2) is 73.2 Å². The fourth-order valence-corrected chi connectivity index (χ4v) is 5.25. The maximum absolute atomic E-state index is 15.3. The normalized spacial score (nSPS) is 13.9. The Morgan fingerprint density at radius 1 is 1.25 bits per heavy atom. The molecule has 1 saturated heterocycles. The summed E-state index contributed by atoms with van der Waals surface area (Å²) < 4.78 is 58.8. The predicted molar refractivity (Wildman–Crippen MR) is 163 cm³/mol. The van der Waals surface area contributed by atoms with Crippen LogP contribution in [0.25, 0.3) is 16.9 Å². The summed E-state index contributed by atoms with van der Waals surface area (Å²) in [6, 6.07) is 3.94. The number of anilines is 2. The van der Waals surface area contributed by atoms with Crippen LogP contribution in [0.1, 0.15) is 41.4 Å². The average Bonchev–Trinajstić information content (AvgIpc) is 3.66. The van der Waals surface area contributed by atoms with E-state index >= 15 is 4.39 Å². The minimum Gasteiger partial charge on any atom is -0.483 e. The molecule has 0 bridgehead atoms. The molecule has 0 saturated carbocycles. The number of rotatable bonds is 9. The van der Waals surface area contributed by atoms with Crippen molar-refractivity contribution in [1.82, 2.24) is 40.1 Å². The molecule has 4 aromatic rings. The molecule has 1 aliphatic rings. The van der Waals surface area contributed by atoms with E-state index in [1.54, 1.807) is 19.9 Å². The number of fused-ring (bicyclic) bond motifs is 1. The smallest absolute Gasteiger partial charge is 0.435 e. The highest BCUT2D eigenvalue weighted by molar-refractivity contribution is 5.96. The predicted octanol–water partition coefficient (Wildman–Crippen LogP) is 3.26. The molecule has 0 aliphatic carbocycles. The van der Waals surface area contributed by atoms with Gasteiger partial charge in [0.15, 0.2) is 17.2 Å². The van der Waals surface area contributed by atoms with Crippen LogP contribution in [0.2, 0.25) is 0 Å². The van der Waals surface area contributed by atoms with E-state index in [1.165, 1.54) is 29.1 Å². The van der Waals surface area contributed by atoms with Crippen LogP contribution in [0.5, 0.6) is 0 Å². The van der Waals surface area contributed by atoms with Gasteiger partial charge in [-0.25, -0.2) is 14.4 Å². The van der Waals surface area contributed by atoms with E-state index < -0.39 is 29.6 Å². The first-order valence-corrected chi connectivity index (χ1v) is 14.7. The van der Waals surface area contributed by atoms with Crippen molar-refractivity contribution in [1.29, 1.82) is 5.26 Å². The number of aryl methyl sites for hydroxylation is 1. The fraction of sp³-hybridized carbons (Fsp3) is 0.367. The van der Waals surface area contributed by atoms with Crippen molar-refractivity contribution < 1.29 is 37.1 Å². The van der Waals surface area contributed by atoms with Crippen LogP contribution in [0.15, 0.2) is 36.9 Å². The molecule has 0 spiro atoms. The van der Waals surface area contributed by atoms with Crippen molar-refractivity contribution in [3.8, 4) is 17.3 Å². The second-order valence-electron chi connectivity index (χ2n) is 10.9. The van der Waals surface area contributed by atoms with E-state index in [9.17, 15) is 22.8 Å². The lowest BCUT2D eigenvalue weighted by Gasteiger charge is -2.23. The van der Waals surface area contributed by atoms with Gasteiger partial charge in [-0.3, -0.25) is 23.5 Å². The van der Waals surface area contributed by atoms with E-state index in [2.05, 4.69) is 36.3 Å². The summed E-state index contributed by atoms with van der Waals surface area (Å²) in [7, 11) is 0. The highest BCUT2D eigenvalue weighted by atomic mass is 19.4. The molecule has 1 atom stereocenters. The summed E-state index contributed by atoms with van der Waals surface area (Å²) in [4.78, 5) is 42.2. The van der Waals surface area contributed by atoms with E-state index in [4.69, 9.17) is 15.2 Å². The zero-order valence-corrected chi connectivity index (χ0v) is 25.8. The number of aromatic nitrogens is 5. The Balaban J connectivity index is 0.00000167. The number of nitriles is 1. The first kappa shape index (κ1) is 35.3.